The molecule has 0 radical (unpaired) electrons. The van der Waals surface area contributed by atoms with Gasteiger partial charge in [-0.25, -0.2) is 26.4 Å². The van der Waals surface area contributed by atoms with Crippen molar-refractivity contribution < 1.29 is 45.4 Å². The number of hydrogen-bond donors (Lipinski definition) is 6. The SMILES string of the molecule is Cc1cc(N([C@H]2CCN(CCOCCNC(=O)NCCCCNC(=O)NCCOCCN3CC[C@H](N(c4ccc(O[C@H]5c6cc(Cl)cc(Cl)c6C[C@@H]5N(C)C)c(C)c4)[SH](=O)=O)C3)C2)[SH](=O)=O)ccc1O[C@H]1c2cc(Cl)cc(Cl)c2C[C@@H]1N(C)C. The number of ether oxygens (including phenoxy) is 4. The molecule has 6 atom stereocenters. The lowest BCUT2D eigenvalue weighted by molar-refractivity contribution is 0.110. The molecule has 2 aliphatic carbocycles. The second-order valence-electron chi connectivity index (χ2n) is 22.3. The first-order valence-corrected chi connectivity index (χ1v) is 32.4. The van der Waals surface area contributed by atoms with E-state index in [1.807, 2.05) is 78.4 Å². The molecule has 26 heteroatoms. The standard InChI is InChI=1S/C58H80Cl4N10O10S2/c1-37-27-41(9-11-53(37)81-55-47-29-39(59)31-49(61)45(47)33-51(55)67(3)4)71(83(75)76)43-13-19-69(35-43)21-25-79-23-17-65-57(73)63-15-7-8-16-64-58(74)66-18-24-80-26-22-70-20-14-44(36-70)72(84(77)78)42-10-12-54(38(2)28-42)82-56-48-30-40(60)32-50(62)46(48)34-52(56)68(5)6/h9-12,27-32,43-44,51-52,55-56,83-84H,7-8,13-26,33-36H2,1-6H3,(H2,63,65,73)(H2,64,66,74)/t43-,44-,51-,52-,55-,56-/m0/s1. The molecule has 0 spiro atoms. The molecule has 4 aliphatic rings. The van der Waals surface area contributed by atoms with E-state index >= 15 is 0 Å². The summed E-state index contributed by atoms with van der Waals surface area (Å²) < 4.78 is 78.6. The average Bonchev–Trinajstić information content (AvgIpc) is 3.25. The number of urea groups is 2. The van der Waals surface area contributed by atoms with Crippen molar-refractivity contribution in [1.29, 1.82) is 0 Å². The predicted octanol–water partition coefficient (Wildman–Crippen LogP) is 7.06. The zero-order valence-corrected chi connectivity index (χ0v) is 53.4. The molecular weight excluding hydrogens is 1200 g/mol. The molecule has 2 aliphatic heterocycles. The molecule has 2 saturated heterocycles. The summed E-state index contributed by atoms with van der Waals surface area (Å²) >= 11 is 25.9. The maximum Gasteiger partial charge on any atom is 0.314 e. The summed E-state index contributed by atoms with van der Waals surface area (Å²) in [5.41, 5.74) is 6.77. The highest BCUT2D eigenvalue weighted by Crippen LogP contribution is 2.45. The minimum absolute atomic E-state index is 0.0423. The van der Waals surface area contributed by atoms with Crippen LogP contribution in [0.15, 0.2) is 60.7 Å². The van der Waals surface area contributed by atoms with Crippen LogP contribution in [0, 0.1) is 13.8 Å². The van der Waals surface area contributed by atoms with E-state index in [-0.39, 0.29) is 48.4 Å². The van der Waals surface area contributed by atoms with Gasteiger partial charge in [0, 0.05) is 96.7 Å². The first-order valence-electron chi connectivity index (χ1n) is 28.6. The van der Waals surface area contributed by atoms with Crippen LogP contribution < -0.4 is 39.4 Å². The number of carbonyl (C=O) groups excluding carboxylic acids is 2. The number of amides is 4. The van der Waals surface area contributed by atoms with E-state index in [0.717, 1.165) is 59.3 Å². The molecule has 4 amide bonds. The first kappa shape index (κ1) is 65.4. The summed E-state index contributed by atoms with van der Waals surface area (Å²) in [5, 5.41) is 13.6. The number of rotatable bonds is 29. The number of nitrogens with one attached hydrogen (secondary N) is 4. The summed E-state index contributed by atoms with van der Waals surface area (Å²) in [6, 6.07) is 17.3. The van der Waals surface area contributed by atoms with Gasteiger partial charge in [-0.15, -0.1) is 0 Å². The number of carbonyl (C=O) groups is 2. The number of aryl methyl sites for hydroxylation is 2. The van der Waals surface area contributed by atoms with Crippen LogP contribution >= 0.6 is 46.4 Å². The maximum absolute atomic E-state index is 12.7. The molecule has 84 heavy (non-hydrogen) atoms. The molecular formula is C58H80Cl4N10O10S2. The zero-order chi connectivity index (χ0) is 60.2. The highest BCUT2D eigenvalue weighted by Gasteiger charge is 2.40. The Kier molecular flexibility index (Phi) is 24.0. The van der Waals surface area contributed by atoms with Gasteiger partial charge in [0.25, 0.3) is 0 Å². The van der Waals surface area contributed by atoms with Crippen LogP contribution in [0.3, 0.4) is 0 Å². The van der Waals surface area contributed by atoms with E-state index in [4.69, 9.17) is 65.4 Å². The lowest BCUT2D eigenvalue weighted by Gasteiger charge is -2.29. The van der Waals surface area contributed by atoms with Crippen molar-refractivity contribution in [3.05, 3.63) is 114 Å². The molecule has 462 valence electrons. The fourth-order valence-corrected chi connectivity index (χ4v) is 14.4. The molecule has 0 aromatic heterocycles. The Balaban J connectivity index is 0.632. The Hall–Kier alpha value is -4.56. The van der Waals surface area contributed by atoms with Crippen LogP contribution in [0.2, 0.25) is 20.1 Å². The minimum Gasteiger partial charge on any atom is -0.484 e. The van der Waals surface area contributed by atoms with E-state index in [0.29, 0.717) is 147 Å². The molecule has 2 fully saturated rings. The lowest BCUT2D eigenvalue weighted by Crippen LogP contribution is -2.39. The van der Waals surface area contributed by atoms with Gasteiger partial charge in [0.15, 0.2) is 0 Å². The largest absolute Gasteiger partial charge is 0.484 e. The summed E-state index contributed by atoms with van der Waals surface area (Å²) in [7, 11) is 2.22. The van der Waals surface area contributed by atoms with Crippen LogP contribution in [-0.4, -0.2) is 193 Å². The number of likely N-dealkylation sites (tertiary alicyclic amines) is 2. The number of fused-ring (bicyclic) bond motifs is 2. The van der Waals surface area contributed by atoms with Crippen molar-refractivity contribution in [2.24, 2.45) is 0 Å². The fraction of sp³-hybridized carbons (Fsp3) is 0.552. The summed E-state index contributed by atoms with van der Waals surface area (Å²) in [6.45, 7) is 10.7. The van der Waals surface area contributed by atoms with E-state index in [2.05, 4.69) is 40.9 Å². The molecule has 8 rings (SSSR count). The first-order chi connectivity index (χ1) is 40.3. The summed E-state index contributed by atoms with van der Waals surface area (Å²) in [6.07, 6.45) is 3.53. The minimum atomic E-state index is -2.91. The normalized spacial score (nSPS) is 20.5. The van der Waals surface area contributed by atoms with Crippen molar-refractivity contribution in [1.82, 2.24) is 40.9 Å². The molecule has 4 aromatic rings. The third kappa shape index (κ3) is 17.1. The monoisotopic (exact) mass is 1280 g/mol. The number of nitrogens with zero attached hydrogens (tertiary/aromatic N) is 6. The smallest absolute Gasteiger partial charge is 0.314 e. The number of benzene rings is 4. The molecule has 0 bridgehead atoms. The quantitative estimate of drug-likeness (QED) is 0.0238. The lowest BCUT2D eigenvalue weighted by atomic mass is 10.1. The van der Waals surface area contributed by atoms with Gasteiger partial charge < -0.3 is 50.0 Å². The van der Waals surface area contributed by atoms with Gasteiger partial charge in [-0.05, 0) is 163 Å². The molecule has 2 heterocycles. The van der Waals surface area contributed by atoms with Crippen molar-refractivity contribution in [2.45, 2.75) is 88.7 Å². The number of unbranched alkanes of at least 4 members (excludes halogenated alkanes) is 1. The summed E-state index contributed by atoms with van der Waals surface area (Å²) in [4.78, 5) is 33.3. The number of anilines is 2. The van der Waals surface area contributed by atoms with Crippen LogP contribution in [0.4, 0.5) is 21.0 Å². The Morgan fingerprint density at radius 1 is 0.560 bits per heavy atom. The second-order valence-corrected chi connectivity index (χ2v) is 25.8. The molecule has 4 aromatic carbocycles. The van der Waals surface area contributed by atoms with Crippen molar-refractivity contribution in [2.75, 3.05) is 129 Å². The Morgan fingerprint density at radius 2 is 0.952 bits per heavy atom. The van der Waals surface area contributed by atoms with Crippen LogP contribution in [-0.2, 0) is 44.1 Å². The number of likely N-dealkylation sites (N-methyl/N-ethyl adjacent to an activating group) is 2. The van der Waals surface area contributed by atoms with Crippen LogP contribution in [0.25, 0.3) is 0 Å². The summed E-state index contributed by atoms with van der Waals surface area (Å²) in [5.74, 6) is 1.32. The van der Waals surface area contributed by atoms with Gasteiger partial charge in [-0.3, -0.25) is 18.4 Å². The van der Waals surface area contributed by atoms with Crippen LogP contribution in [0.5, 0.6) is 11.5 Å². The van der Waals surface area contributed by atoms with Crippen LogP contribution in [0.1, 0.15) is 71.3 Å². The van der Waals surface area contributed by atoms with Gasteiger partial charge in [-0.2, -0.15) is 0 Å². The van der Waals surface area contributed by atoms with Gasteiger partial charge >= 0.3 is 12.1 Å². The topological polar surface area (TPSA) is 207 Å². The number of halogens is 4. The highest BCUT2D eigenvalue weighted by molar-refractivity contribution is 7.74. The average molecular weight is 1280 g/mol. The molecule has 0 unspecified atom stereocenters. The molecule has 20 nitrogen and oxygen atoms in total. The Bertz CT molecular complexity index is 2870. The van der Waals surface area contributed by atoms with Crippen molar-refractivity contribution in [3.63, 3.8) is 0 Å². The second kappa shape index (κ2) is 30.9. The van der Waals surface area contributed by atoms with E-state index < -0.39 is 21.8 Å². The van der Waals surface area contributed by atoms with Gasteiger partial charge in [0.05, 0.1) is 62.0 Å². The maximum atomic E-state index is 12.7. The molecule has 4 N–H and O–H groups in total. The van der Waals surface area contributed by atoms with Gasteiger partial charge in [-0.1, -0.05) is 46.4 Å². The number of thiol groups is 2. The van der Waals surface area contributed by atoms with E-state index in [1.54, 1.807) is 24.3 Å². The predicted molar refractivity (Wildman–Crippen MR) is 333 cm³/mol. The zero-order valence-electron chi connectivity index (χ0n) is 48.6. The number of hydrogen-bond acceptors (Lipinski definition) is 14. The van der Waals surface area contributed by atoms with Gasteiger partial charge in [0.2, 0.25) is 21.8 Å². The molecule has 0 saturated carbocycles. The Morgan fingerprint density at radius 3 is 1.32 bits per heavy atom. The van der Waals surface area contributed by atoms with Crippen molar-refractivity contribution in [3.8, 4) is 11.5 Å². The fourth-order valence-electron chi connectivity index (χ4n) is 11.7. The Labute approximate surface area is 517 Å². The third-order valence-corrected chi connectivity index (χ3v) is 19.0. The third-order valence-electron chi connectivity index (χ3n) is 16.1. The highest BCUT2D eigenvalue weighted by atomic mass is 35.5. The van der Waals surface area contributed by atoms with Gasteiger partial charge in [0.1, 0.15) is 23.7 Å². The van der Waals surface area contributed by atoms with E-state index in [1.165, 1.54) is 8.61 Å². The van der Waals surface area contributed by atoms with Crippen molar-refractivity contribution >= 4 is 91.6 Å². The van der Waals surface area contributed by atoms with E-state index in [9.17, 15) is 26.4 Å².